The van der Waals surface area contributed by atoms with Crippen LogP contribution in [0.15, 0.2) is 36.5 Å². The molecule has 6 heteroatoms. The lowest BCUT2D eigenvalue weighted by Crippen LogP contribution is -2.45. The highest BCUT2D eigenvalue weighted by Crippen LogP contribution is 2.17. The highest BCUT2D eigenvalue weighted by atomic mass is 16.5. The molecule has 0 heterocycles. The summed E-state index contributed by atoms with van der Waals surface area (Å²) in [4.78, 5) is 24.5. The zero-order valence-electron chi connectivity index (χ0n) is 48.4. The fourth-order valence-corrected chi connectivity index (χ4v) is 9.92. The lowest BCUT2D eigenvalue weighted by molar-refractivity contribution is -0.143. The molecule has 0 aliphatic heterocycles. The molecule has 0 spiro atoms. The number of aliphatic hydroxyl groups excluding tert-OH is 2. The van der Waals surface area contributed by atoms with Crippen LogP contribution < -0.4 is 5.32 Å². The maximum absolute atomic E-state index is 12.5. The van der Waals surface area contributed by atoms with Gasteiger partial charge in [-0.2, -0.15) is 0 Å². The van der Waals surface area contributed by atoms with Gasteiger partial charge in [-0.1, -0.05) is 288 Å². The summed E-state index contributed by atoms with van der Waals surface area (Å²) < 4.78 is 5.49. The van der Waals surface area contributed by atoms with Gasteiger partial charge < -0.3 is 20.3 Å². The van der Waals surface area contributed by atoms with Crippen LogP contribution in [0, 0.1) is 0 Å². The van der Waals surface area contributed by atoms with E-state index in [1.54, 1.807) is 6.08 Å². The Morgan fingerprint density at radius 3 is 0.986 bits per heavy atom. The minimum absolute atomic E-state index is 0.00572. The number of esters is 1. The molecule has 0 rings (SSSR count). The molecule has 0 aliphatic carbocycles. The van der Waals surface area contributed by atoms with Crippen LogP contribution in [0.1, 0.15) is 348 Å². The van der Waals surface area contributed by atoms with E-state index in [9.17, 15) is 19.8 Å². The van der Waals surface area contributed by atoms with Crippen LogP contribution >= 0.6 is 0 Å². The molecule has 3 N–H and O–H groups in total. The van der Waals surface area contributed by atoms with Crippen molar-refractivity contribution in [2.24, 2.45) is 0 Å². The highest BCUT2D eigenvalue weighted by Gasteiger charge is 2.18. The van der Waals surface area contributed by atoms with Gasteiger partial charge in [-0.05, 0) is 83.5 Å². The Hall–Kier alpha value is -1.92. The molecule has 2 unspecified atom stereocenters. The predicted octanol–water partition coefficient (Wildman–Crippen LogP) is 20.4. The van der Waals surface area contributed by atoms with Crippen molar-refractivity contribution in [1.82, 2.24) is 5.32 Å². The first kappa shape index (κ1) is 70.1. The van der Waals surface area contributed by atoms with Gasteiger partial charge in [0.2, 0.25) is 5.91 Å². The van der Waals surface area contributed by atoms with Gasteiger partial charge in [0, 0.05) is 12.8 Å². The largest absolute Gasteiger partial charge is 0.466 e. The minimum Gasteiger partial charge on any atom is -0.466 e. The summed E-state index contributed by atoms with van der Waals surface area (Å²) in [5.74, 6) is -0.0645. The van der Waals surface area contributed by atoms with E-state index in [1.165, 1.54) is 276 Å². The molecule has 0 bridgehead atoms. The predicted molar refractivity (Wildman–Crippen MR) is 315 cm³/mol. The van der Waals surface area contributed by atoms with Gasteiger partial charge in [0.25, 0.3) is 0 Å². The lowest BCUT2D eigenvalue weighted by Gasteiger charge is -2.20. The Morgan fingerprint density at radius 2 is 0.653 bits per heavy atom. The van der Waals surface area contributed by atoms with E-state index in [0.717, 1.165) is 44.9 Å². The van der Waals surface area contributed by atoms with E-state index in [-0.39, 0.29) is 18.5 Å². The number of unbranched alkanes of at least 4 members (excludes halogenated alkanes) is 45. The van der Waals surface area contributed by atoms with Crippen molar-refractivity contribution in [2.45, 2.75) is 360 Å². The highest BCUT2D eigenvalue weighted by molar-refractivity contribution is 5.76. The van der Waals surface area contributed by atoms with Crippen molar-refractivity contribution >= 4 is 11.9 Å². The first-order valence-electron chi connectivity index (χ1n) is 32.3. The third-order valence-electron chi connectivity index (χ3n) is 14.9. The molecule has 72 heavy (non-hydrogen) atoms. The van der Waals surface area contributed by atoms with E-state index >= 15 is 0 Å². The van der Waals surface area contributed by atoms with E-state index in [1.807, 2.05) is 6.08 Å². The Labute approximate surface area is 449 Å². The molecule has 0 aliphatic rings. The van der Waals surface area contributed by atoms with Crippen LogP contribution in [-0.4, -0.2) is 47.4 Å². The van der Waals surface area contributed by atoms with Crippen molar-refractivity contribution in [1.29, 1.82) is 0 Å². The fraction of sp³-hybridized carbons (Fsp3) is 0.879. The Morgan fingerprint density at radius 1 is 0.375 bits per heavy atom. The molecule has 0 fully saturated rings. The molecule has 6 nitrogen and oxygen atoms in total. The van der Waals surface area contributed by atoms with Crippen molar-refractivity contribution in [2.75, 3.05) is 13.2 Å². The molecule has 0 saturated carbocycles. The topological polar surface area (TPSA) is 95.9 Å². The summed E-state index contributed by atoms with van der Waals surface area (Å²) in [6.07, 6.45) is 77.7. The van der Waals surface area contributed by atoms with E-state index in [4.69, 9.17) is 4.74 Å². The first-order chi connectivity index (χ1) is 35.5. The Kier molecular flexibility index (Phi) is 60.0. The van der Waals surface area contributed by atoms with Gasteiger partial charge in [-0.3, -0.25) is 9.59 Å². The number of allylic oxidation sites excluding steroid dienone is 5. The zero-order chi connectivity index (χ0) is 52.2. The van der Waals surface area contributed by atoms with Crippen LogP contribution in [-0.2, 0) is 14.3 Å². The number of amides is 1. The number of rotatable bonds is 60. The van der Waals surface area contributed by atoms with Gasteiger partial charge in [0.05, 0.1) is 25.4 Å². The molecular formula is C66H125NO5. The van der Waals surface area contributed by atoms with E-state index < -0.39 is 12.1 Å². The normalized spacial score (nSPS) is 12.8. The third-order valence-corrected chi connectivity index (χ3v) is 14.9. The Balaban J connectivity index is 3.41. The fourth-order valence-electron chi connectivity index (χ4n) is 9.92. The first-order valence-corrected chi connectivity index (χ1v) is 32.3. The zero-order valence-corrected chi connectivity index (χ0v) is 48.4. The number of ether oxygens (including phenoxy) is 1. The second-order valence-electron chi connectivity index (χ2n) is 22.1. The van der Waals surface area contributed by atoms with E-state index in [2.05, 4.69) is 43.5 Å². The molecule has 0 radical (unpaired) electrons. The standard InChI is InChI=1S/C66H125NO5/c1-3-5-7-9-11-13-15-17-19-32-36-40-44-48-52-56-60-66(71)72-61-57-53-49-45-41-37-33-30-28-26-24-22-20-21-23-25-27-29-31-35-39-43-47-51-55-59-65(70)67-63(62-68)64(69)58-54-50-46-42-38-34-18-16-14-12-10-8-6-4-2/h19,21,23,32,54,58,63-64,68-69H,3-18,20,22,24-31,33-53,55-57,59-62H2,1-2H3,(H,67,70)/b23-21-,32-19-,58-54+. The monoisotopic (exact) mass is 1010 g/mol. The average Bonchev–Trinajstić information content (AvgIpc) is 3.38. The summed E-state index contributed by atoms with van der Waals surface area (Å²) in [5, 5.41) is 23.1. The quantitative estimate of drug-likeness (QED) is 0.0320. The SMILES string of the molecule is CCCCCCCCC/C=C\CCCCCCCC(=O)OCCCCCCCCCCCCCC/C=C\CCCCCCCCCCCC(=O)NC(CO)C(O)/C=C/CCCCCCCCCCCCCC. The van der Waals surface area contributed by atoms with Crippen molar-refractivity contribution in [3.8, 4) is 0 Å². The molecular weight excluding hydrogens is 887 g/mol. The maximum Gasteiger partial charge on any atom is 0.305 e. The molecule has 1 amide bonds. The summed E-state index contributed by atoms with van der Waals surface area (Å²) in [7, 11) is 0. The van der Waals surface area contributed by atoms with Crippen molar-refractivity contribution < 1.29 is 24.5 Å². The average molecular weight is 1010 g/mol. The number of nitrogens with one attached hydrogen (secondary N) is 1. The molecule has 0 aromatic heterocycles. The number of carbonyl (C=O) groups excluding carboxylic acids is 2. The second kappa shape index (κ2) is 61.6. The van der Waals surface area contributed by atoms with Gasteiger partial charge in [-0.25, -0.2) is 0 Å². The van der Waals surface area contributed by atoms with Gasteiger partial charge in [0.15, 0.2) is 0 Å². The summed E-state index contributed by atoms with van der Waals surface area (Å²) in [6, 6.07) is -0.630. The molecule has 424 valence electrons. The number of hydrogen-bond acceptors (Lipinski definition) is 5. The van der Waals surface area contributed by atoms with Crippen LogP contribution in [0.5, 0.6) is 0 Å². The summed E-state index contributed by atoms with van der Waals surface area (Å²) in [5.41, 5.74) is 0. The van der Waals surface area contributed by atoms with Crippen LogP contribution in [0.3, 0.4) is 0 Å². The van der Waals surface area contributed by atoms with Crippen LogP contribution in [0.25, 0.3) is 0 Å². The molecule has 0 aromatic carbocycles. The number of carbonyl (C=O) groups is 2. The second-order valence-corrected chi connectivity index (χ2v) is 22.1. The lowest BCUT2D eigenvalue weighted by atomic mass is 10.0. The third kappa shape index (κ3) is 57.4. The van der Waals surface area contributed by atoms with Gasteiger partial charge in [-0.15, -0.1) is 0 Å². The van der Waals surface area contributed by atoms with E-state index in [0.29, 0.717) is 19.4 Å². The molecule has 0 saturated heterocycles. The number of hydrogen-bond donors (Lipinski definition) is 3. The smallest absolute Gasteiger partial charge is 0.305 e. The van der Waals surface area contributed by atoms with Crippen molar-refractivity contribution in [3.05, 3.63) is 36.5 Å². The summed E-state index contributed by atoms with van der Waals surface area (Å²) >= 11 is 0. The van der Waals surface area contributed by atoms with Gasteiger partial charge >= 0.3 is 5.97 Å². The van der Waals surface area contributed by atoms with Crippen LogP contribution in [0.4, 0.5) is 0 Å². The van der Waals surface area contributed by atoms with Crippen molar-refractivity contribution in [3.63, 3.8) is 0 Å². The number of aliphatic hydroxyl groups is 2. The Bertz CT molecular complexity index is 1170. The molecule has 2 atom stereocenters. The van der Waals surface area contributed by atoms with Gasteiger partial charge in [0.1, 0.15) is 0 Å². The maximum atomic E-state index is 12.5. The summed E-state index contributed by atoms with van der Waals surface area (Å²) in [6.45, 7) is 4.91. The minimum atomic E-state index is -0.846. The van der Waals surface area contributed by atoms with Crippen LogP contribution in [0.2, 0.25) is 0 Å². The molecule has 0 aromatic rings.